The Balaban J connectivity index is 1.56. The van der Waals surface area contributed by atoms with Crippen molar-refractivity contribution in [2.75, 3.05) is 58.4 Å². The fourth-order valence-electron chi connectivity index (χ4n) is 6.58. The highest BCUT2D eigenvalue weighted by molar-refractivity contribution is 5.96. The van der Waals surface area contributed by atoms with Crippen LogP contribution in [-0.4, -0.2) is 91.9 Å². The second-order valence-corrected chi connectivity index (χ2v) is 12.9. The van der Waals surface area contributed by atoms with Crippen LogP contribution in [0.5, 0.6) is 5.75 Å². The smallest absolute Gasteiger partial charge is 0.419 e. The Morgan fingerprint density at radius 3 is 2.40 bits per heavy atom. The lowest BCUT2D eigenvalue weighted by Crippen LogP contribution is -2.49. The molecule has 0 spiro atoms. The number of methoxy groups -OCH3 is 2. The van der Waals surface area contributed by atoms with Gasteiger partial charge in [-0.3, -0.25) is 14.4 Å². The minimum absolute atomic E-state index is 0.237. The third kappa shape index (κ3) is 7.09. The standard InChI is InChI=1S/C34H44F2N4O5/c1-22-17-29(43-5)26(24-11-14-40(31(22)24)33(42)45-34(2,3)4)19-39-16-15-37(21-30(35)36)20-28(39)23-9-10-25(32(41)44-6)27(18-23)38-12-7-8-13-38/h9-11,14,17-18,28,30H,7-8,12-13,15-16,19-21H2,1-6H3. The number of hydrogen-bond acceptors (Lipinski definition) is 8. The molecular formula is C34H44F2N4O5. The topological polar surface area (TPSA) is 76.5 Å². The molecule has 11 heteroatoms. The summed E-state index contributed by atoms with van der Waals surface area (Å²) in [4.78, 5) is 32.1. The van der Waals surface area contributed by atoms with E-state index in [-0.39, 0.29) is 12.6 Å². The third-order valence-corrected chi connectivity index (χ3v) is 8.63. The van der Waals surface area contributed by atoms with Gasteiger partial charge in [0.2, 0.25) is 0 Å². The van der Waals surface area contributed by atoms with Crippen molar-refractivity contribution in [3.05, 3.63) is 58.8 Å². The largest absolute Gasteiger partial charge is 0.496 e. The second-order valence-electron chi connectivity index (χ2n) is 12.9. The monoisotopic (exact) mass is 626 g/mol. The van der Waals surface area contributed by atoms with Gasteiger partial charge in [-0.25, -0.2) is 18.4 Å². The average Bonchev–Trinajstić information content (AvgIpc) is 3.69. The van der Waals surface area contributed by atoms with Gasteiger partial charge in [0.15, 0.2) is 0 Å². The fraction of sp³-hybridized carbons (Fsp3) is 0.529. The number of anilines is 1. The minimum Gasteiger partial charge on any atom is -0.496 e. The van der Waals surface area contributed by atoms with Crippen LogP contribution in [0.1, 0.15) is 66.7 Å². The normalized spacial score (nSPS) is 18.2. The molecule has 1 unspecified atom stereocenters. The molecule has 0 bridgehead atoms. The maximum absolute atomic E-state index is 13.6. The predicted octanol–water partition coefficient (Wildman–Crippen LogP) is 6.25. The lowest BCUT2D eigenvalue weighted by Gasteiger charge is -2.42. The Morgan fingerprint density at radius 1 is 1.02 bits per heavy atom. The van der Waals surface area contributed by atoms with Crippen LogP contribution in [0.15, 0.2) is 36.5 Å². The molecule has 3 heterocycles. The number of nitrogens with zero attached hydrogens (tertiary/aromatic N) is 4. The molecule has 244 valence electrons. The molecule has 0 N–H and O–H groups in total. The Kier molecular flexibility index (Phi) is 9.69. The molecule has 2 aliphatic heterocycles. The number of carbonyl (C=O) groups is 2. The van der Waals surface area contributed by atoms with Gasteiger partial charge in [0.05, 0.1) is 37.5 Å². The lowest BCUT2D eigenvalue weighted by atomic mass is 9.97. The second kappa shape index (κ2) is 13.3. The summed E-state index contributed by atoms with van der Waals surface area (Å²) in [5.74, 6) is 0.291. The molecule has 3 aromatic rings. The summed E-state index contributed by atoms with van der Waals surface area (Å²) in [5.41, 5.74) is 4.11. The number of alkyl halides is 2. The van der Waals surface area contributed by atoms with Crippen LogP contribution in [0.2, 0.25) is 0 Å². The van der Waals surface area contributed by atoms with Crippen molar-refractivity contribution >= 4 is 28.7 Å². The highest BCUT2D eigenvalue weighted by atomic mass is 19.3. The van der Waals surface area contributed by atoms with Crippen molar-refractivity contribution in [1.29, 1.82) is 0 Å². The van der Waals surface area contributed by atoms with E-state index in [1.54, 1.807) is 24.3 Å². The number of rotatable bonds is 8. The van der Waals surface area contributed by atoms with E-state index in [0.29, 0.717) is 37.5 Å². The van der Waals surface area contributed by atoms with Crippen molar-refractivity contribution in [2.45, 2.75) is 65.1 Å². The first-order chi connectivity index (χ1) is 21.4. The number of aromatic nitrogens is 1. The minimum atomic E-state index is -2.44. The number of aryl methyl sites for hydroxylation is 1. The van der Waals surface area contributed by atoms with Gasteiger partial charge in [0.1, 0.15) is 11.4 Å². The first kappa shape index (κ1) is 32.7. The number of ether oxygens (including phenoxy) is 3. The molecule has 0 aliphatic carbocycles. The molecule has 5 rings (SSSR count). The summed E-state index contributed by atoms with van der Waals surface area (Å²) >= 11 is 0. The Labute approximate surface area is 263 Å². The number of esters is 1. The number of benzene rings is 2. The summed E-state index contributed by atoms with van der Waals surface area (Å²) < 4.78 is 45.3. The van der Waals surface area contributed by atoms with Crippen LogP contribution in [0.3, 0.4) is 0 Å². The van der Waals surface area contributed by atoms with E-state index in [0.717, 1.165) is 59.2 Å². The van der Waals surface area contributed by atoms with E-state index in [1.807, 2.05) is 52.0 Å². The molecule has 45 heavy (non-hydrogen) atoms. The predicted molar refractivity (Wildman–Crippen MR) is 170 cm³/mol. The molecule has 2 aliphatic rings. The Bertz CT molecular complexity index is 1540. The van der Waals surface area contributed by atoms with E-state index in [2.05, 4.69) is 9.80 Å². The van der Waals surface area contributed by atoms with Gasteiger partial charge in [-0.1, -0.05) is 6.07 Å². The van der Waals surface area contributed by atoms with Gasteiger partial charge in [-0.05, 0) is 75.9 Å². The summed E-state index contributed by atoms with van der Waals surface area (Å²) in [6.07, 6.45) is 0.892. The van der Waals surface area contributed by atoms with Crippen molar-refractivity contribution in [2.24, 2.45) is 0 Å². The average molecular weight is 627 g/mol. The van der Waals surface area contributed by atoms with Gasteiger partial charge >= 0.3 is 12.1 Å². The van der Waals surface area contributed by atoms with Crippen molar-refractivity contribution in [3.63, 3.8) is 0 Å². The summed E-state index contributed by atoms with van der Waals surface area (Å²) in [6.45, 7) is 10.7. The van der Waals surface area contributed by atoms with Crippen LogP contribution < -0.4 is 9.64 Å². The van der Waals surface area contributed by atoms with Crippen molar-refractivity contribution in [3.8, 4) is 5.75 Å². The molecule has 0 saturated carbocycles. The molecule has 2 saturated heterocycles. The van der Waals surface area contributed by atoms with Gasteiger partial charge in [0.25, 0.3) is 6.43 Å². The van der Waals surface area contributed by atoms with Crippen molar-refractivity contribution in [1.82, 2.24) is 14.4 Å². The molecule has 1 atom stereocenters. The number of hydrogen-bond donors (Lipinski definition) is 0. The highest BCUT2D eigenvalue weighted by Gasteiger charge is 2.33. The quantitative estimate of drug-likeness (QED) is 0.272. The summed E-state index contributed by atoms with van der Waals surface area (Å²) in [5, 5.41) is 0.866. The van der Waals surface area contributed by atoms with E-state index in [4.69, 9.17) is 14.2 Å². The molecule has 0 amide bonds. The number of piperazine rings is 1. The first-order valence-electron chi connectivity index (χ1n) is 15.5. The highest BCUT2D eigenvalue weighted by Crippen LogP contribution is 2.38. The van der Waals surface area contributed by atoms with E-state index < -0.39 is 24.1 Å². The number of carbonyl (C=O) groups excluding carboxylic acids is 2. The maximum atomic E-state index is 13.6. The van der Waals surface area contributed by atoms with Crippen molar-refractivity contribution < 1.29 is 32.6 Å². The number of fused-ring (bicyclic) bond motifs is 1. The van der Waals surface area contributed by atoms with Gasteiger partial charge in [-0.15, -0.1) is 0 Å². The fourth-order valence-corrected chi connectivity index (χ4v) is 6.58. The molecule has 2 fully saturated rings. The van der Waals surface area contributed by atoms with Crippen LogP contribution in [0.4, 0.5) is 19.3 Å². The van der Waals surface area contributed by atoms with Gasteiger partial charge in [-0.2, -0.15) is 0 Å². The van der Waals surface area contributed by atoms with Crippen LogP contribution in [0, 0.1) is 6.92 Å². The first-order valence-corrected chi connectivity index (χ1v) is 15.5. The molecule has 0 radical (unpaired) electrons. The van der Waals surface area contributed by atoms with Crippen LogP contribution >= 0.6 is 0 Å². The Hall–Kier alpha value is -3.70. The van der Waals surface area contributed by atoms with E-state index in [9.17, 15) is 18.4 Å². The molecular weight excluding hydrogens is 582 g/mol. The van der Waals surface area contributed by atoms with E-state index in [1.165, 1.54) is 11.7 Å². The molecule has 2 aromatic carbocycles. The number of halogens is 2. The van der Waals surface area contributed by atoms with E-state index >= 15 is 0 Å². The molecule has 9 nitrogen and oxygen atoms in total. The maximum Gasteiger partial charge on any atom is 0.419 e. The zero-order valence-electron chi connectivity index (χ0n) is 27.1. The zero-order chi connectivity index (χ0) is 32.5. The third-order valence-electron chi connectivity index (χ3n) is 8.63. The SMILES string of the molecule is COC(=O)c1ccc(C2CN(CC(F)F)CCN2Cc2c(OC)cc(C)c3c2ccn3C(=O)OC(C)(C)C)cc1N1CCCC1. The van der Waals surface area contributed by atoms with Gasteiger partial charge in [0, 0.05) is 62.5 Å². The zero-order valence-corrected chi connectivity index (χ0v) is 27.1. The lowest BCUT2D eigenvalue weighted by molar-refractivity contribution is 0.0245. The van der Waals surface area contributed by atoms with Crippen LogP contribution in [-0.2, 0) is 16.0 Å². The van der Waals surface area contributed by atoms with Crippen LogP contribution in [0.25, 0.3) is 10.9 Å². The Morgan fingerprint density at radius 2 is 1.76 bits per heavy atom. The summed E-state index contributed by atoms with van der Waals surface area (Å²) in [7, 11) is 3.00. The summed E-state index contributed by atoms with van der Waals surface area (Å²) in [6, 6.07) is 9.34. The van der Waals surface area contributed by atoms with Gasteiger partial charge < -0.3 is 19.1 Å². The molecule has 1 aromatic heterocycles.